The van der Waals surface area contributed by atoms with E-state index < -0.39 is 0 Å². The van der Waals surface area contributed by atoms with Crippen molar-refractivity contribution in [2.24, 2.45) is 0 Å². The van der Waals surface area contributed by atoms with Gasteiger partial charge in [0.05, 0.1) is 0 Å². The molecule has 0 radical (unpaired) electrons. The Bertz CT molecular complexity index is 432. The highest BCUT2D eigenvalue weighted by molar-refractivity contribution is 9.09. The number of carbonyl (C=O) groups excluding carboxylic acids is 1. The summed E-state index contributed by atoms with van der Waals surface area (Å²) in [5.41, 5.74) is 1.57. The third-order valence-corrected chi connectivity index (χ3v) is 4.23. The minimum absolute atomic E-state index is 0.0770. The second kappa shape index (κ2) is 7.91. The molecule has 1 rings (SSSR count). The third-order valence-electron chi connectivity index (χ3n) is 3.47. The van der Waals surface area contributed by atoms with Crippen LogP contribution in [0.15, 0.2) is 18.2 Å². The minimum Gasteiger partial charge on any atom is -0.335 e. The fourth-order valence-electron chi connectivity index (χ4n) is 2.26. The summed E-state index contributed by atoms with van der Waals surface area (Å²) < 4.78 is 0. The van der Waals surface area contributed by atoms with Gasteiger partial charge in [0.25, 0.3) is 5.91 Å². The Labute approximate surface area is 129 Å². The number of carbonyl (C=O) groups is 1. The molecule has 4 heteroatoms. The summed E-state index contributed by atoms with van der Waals surface area (Å²) in [5, 5.41) is 1.43. The monoisotopic (exact) mass is 345 g/mol. The van der Waals surface area contributed by atoms with Crippen molar-refractivity contribution in [2.45, 2.75) is 39.7 Å². The van der Waals surface area contributed by atoms with Crippen molar-refractivity contribution < 1.29 is 4.79 Å². The molecule has 0 bridgehead atoms. The second-order valence-corrected chi connectivity index (χ2v) is 5.77. The Morgan fingerprint density at radius 1 is 1.37 bits per heavy atom. The molecule has 0 aromatic heterocycles. The first-order valence-corrected chi connectivity index (χ1v) is 8.18. The molecule has 1 aromatic rings. The third kappa shape index (κ3) is 3.96. The van der Waals surface area contributed by atoms with Crippen molar-refractivity contribution >= 4 is 33.4 Å². The van der Waals surface area contributed by atoms with E-state index in [9.17, 15) is 4.79 Å². The average molecular weight is 347 g/mol. The molecule has 0 aliphatic carbocycles. The fourth-order valence-corrected chi connectivity index (χ4v) is 2.82. The summed E-state index contributed by atoms with van der Waals surface area (Å²) in [6, 6.07) is 5.79. The number of alkyl halides is 1. The van der Waals surface area contributed by atoms with Crippen LogP contribution < -0.4 is 0 Å². The van der Waals surface area contributed by atoms with E-state index in [2.05, 4.69) is 29.8 Å². The summed E-state index contributed by atoms with van der Waals surface area (Å²) in [6.07, 6.45) is 1.93. The number of hydrogen-bond acceptors (Lipinski definition) is 1. The summed E-state index contributed by atoms with van der Waals surface area (Å²) in [7, 11) is 0. The SMILES string of the molecule is CCC(CC)N(CCBr)C(=O)c1cccc(Cl)c1C. The van der Waals surface area contributed by atoms with Gasteiger partial charge in [-0.05, 0) is 37.5 Å². The summed E-state index contributed by atoms with van der Waals surface area (Å²) >= 11 is 9.54. The maximum absolute atomic E-state index is 12.7. The van der Waals surface area contributed by atoms with Crippen LogP contribution in [-0.4, -0.2) is 28.7 Å². The number of hydrogen-bond donors (Lipinski definition) is 0. The molecule has 0 fully saturated rings. The first-order chi connectivity index (χ1) is 9.06. The lowest BCUT2D eigenvalue weighted by atomic mass is 10.0. The number of benzene rings is 1. The second-order valence-electron chi connectivity index (χ2n) is 4.57. The van der Waals surface area contributed by atoms with Crippen LogP contribution in [0, 0.1) is 6.92 Å². The normalized spacial score (nSPS) is 10.8. The van der Waals surface area contributed by atoms with Gasteiger partial charge in [-0.2, -0.15) is 0 Å². The van der Waals surface area contributed by atoms with Gasteiger partial charge in [0.1, 0.15) is 0 Å². The van der Waals surface area contributed by atoms with Crippen molar-refractivity contribution in [1.82, 2.24) is 4.90 Å². The van der Waals surface area contributed by atoms with Gasteiger partial charge in [0.15, 0.2) is 0 Å². The van der Waals surface area contributed by atoms with E-state index in [4.69, 9.17) is 11.6 Å². The highest BCUT2D eigenvalue weighted by atomic mass is 79.9. The molecule has 106 valence electrons. The van der Waals surface area contributed by atoms with Gasteiger partial charge in [-0.3, -0.25) is 4.79 Å². The van der Waals surface area contributed by atoms with Crippen molar-refractivity contribution in [2.75, 3.05) is 11.9 Å². The van der Waals surface area contributed by atoms with Crippen molar-refractivity contribution in [3.63, 3.8) is 0 Å². The number of halogens is 2. The lowest BCUT2D eigenvalue weighted by Gasteiger charge is -2.30. The molecule has 1 amide bonds. The van der Waals surface area contributed by atoms with Crippen LogP contribution in [0.25, 0.3) is 0 Å². The van der Waals surface area contributed by atoms with Gasteiger partial charge in [0, 0.05) is 28.5 Å². The average Bonchev–Trinajstić information content (AvgIpc) is 2.41. The Morgan fingerprint density at radius 2 is 2.00 bits per heavy atom. The first-order valence-electron chi connectivity index (χ1n) is 6.68. The number of amides is 1. The van der Waals surface area contributed by atoms with Crippen LogP contribution in [-0.2, 0) is 0 Å². The van der Waals surface area contributed by atoms with Crippen LogP contribution in [0.4, 0.5) is 0 Å². The van der Waals surface area contributed by atoms with Crippen LogP contribution in [0.2, 0.25) is 5.02 Å². The van der Waals surface area contributed by atoms with Crippen molar-refractivity contribution in [3.05, 3.63) is 34.3 Å². The molecule has 0 heterocycles. The fraction of sp³-hybridized carbons (Fsp3) is 0.533. The highest BCUT2D eigenvalue weighted by Gasteiger charge is 2.23. The molecule has 0 aliphatic rings. The van der Waals surface area contributed by atoms with E-state index in [0.717, 1.165) is 30.3 Å². The van der Waals surface area contributed by atoms with Gasteiger partial charge in [-0.15, -0.1) is 0 Å². The molecular formula is C15H21BrClNO. The number of nitrogens with zero attached hydrogens (tertiary/aromatic N) is 1. The van der Waals surface area contributed by atoms with E-state index in [1.165, 1.54) is 0 Å². The lowest BCUT2D eigenvalue weighted by molar-refractivity contribution is 0.0682. The quantitative estimate of drug-likeness (QED) is 0.685. The molecule has 1 aromatic carbocycles. The van der Waals surface area contributed by atoms with E-state index in [1.54, 1.807) is 0 Å². The van der Waals surface area contributed by atoms with E-state index in [-0.39, 0.29) is 11.9 Å². The van der Waals surface area contributed by atoms with Gasteiger partial charge < -0.3 is 4.90 Å². The van der Waals surface area contributed by atoms with Crippen LogP contribution in [0.3, 0.4) is 0 Å². The highest BCUT2D eigenvalue weighted by Crippen LogP contribution is 2.22. The Hall–Kier alpha value is -0.540. The van der Waals surface area contributed by atoms with Crippen molar-refractivity contribution in [3.8, 4) is 0 Å². The lowest BCUT2D eigenvalue weighted by Crippen LogP contribution is -2.41. The maximum Gasteiger partial charge on any atom is 0.254 e. The topological polar surface area (TPSA) is 20.3 Å². The Kier molecular flexibility index (Phi) is 6.87. The van der Waals surface area contributed by atoms with Gasteiger partial charge in [0.2, 0.25) is 0 Å². The Morgan fingerprint density at radius 3 is 2.53 bits per heavy atom. The van der Waals surface area contributed by atoms with Crippen LogP contribution in [0.1, 0.15) is 42.6 Å². The summed E-state index contributed by atoms with van der Waals surface area (Å²) in [4.78, 5) is 14.7. The van der Waals surface area contributed by atoms with E-state index in [0.29, 0.717) is 10.6 Å². The molecule has 0 saturated carbocycles. The van der Waals surface area contributed by atoms with Gasteiger partial charge >= 0.3 is 0 Å². The van der Waals surface area contributed by atoms with Gasteiger partial charge in [-0.1, -0.05) is 47.4 Å². The van der Waals surface area contributed by atoms with Crippen molar-refractivity contribution in [1.29, 1.82) is 0 Å². The smallest absolute Gasteiger partial charge is 0.254 e. The number of rotatable bonds is 6. The van der Waals surface area contributed by atoms with Crippen LogP contribution in [0.5, 0.6) is 0 Å². The molecule has 19 heavy (non-hydrogen) atoms. The minimum atomic E-state index is 0.0770. The molecule has 0 saturated heterocycles. The zero-order valence-corrected chi connectivity index (χ0v) is 14.1. The molecular weight excluding hydrogens is 326 g/mol. The molecule has 0 atom stereocenters. The maximum atomic E-state index is 12.7. The predicted molar refractivity (Wildman–Crippen MR) is 85.4 cm³/mol. The van der Waals surface area contributed by atoms with Gasteiger partial charge in [-0.25, -0.2) is 0 Å². The molecule has 2 nitrogen and oxygen atoms in total. The molecule has 0 spiro atoms. The largest absolute Gasteiger partial charge is 0.335 e. The summed E-state index contributed by atoms with van der Waals surface area (Å²) in [6.45, 7) is 6.85. The first kappa shape index (κ1) is 16.5. The molecule has 0 N–H and O–H groups in total. The molecule has 0 unspecified atom stereocenters. The Balaban J connectivity index is 3.08. The van der Waals surface area contributed by atoms with E-state index in [1.807, 2.05) is 30.0 Å². The zero-order chi connectivity index (χ0) is 14.4. The predicted octanol–water partition coefficient (Wildman–Crippen LogP) is 4.67. The van der Waals surface area contributed by atoms with E-state index >= 15 is 0 Å². The summed E-state index contributed by atoms with van der Waals surface area (Å²) in [5.74, 6) is 0.0770. The zero-order valence-electron chi connectivity index (χ0n) is 11.7. The molecule has 0 aliphatic heterocycles. The standard InChI is InChI=1S/C15H21BrClNO/c1-4-12(5-2)18(10-9-16)15(19)13-7-6-8-14(17)11(13)3/h6-8,12H,4-5,9-10H2,1-3H3. The van der Waals surface area contributed by atoms with Crippen LogP contribution >= 0.6 is 27.5 Å².